The maximum absolute atomic E-state index is 2.59. The minimum Gasteiger partial charge on any atom is -0.366 e. The molecule has 0 radical (unpaired) electrons. The van der Waals surface area contributed by atoms with E-state index in [2.05, 4.69) is 68.7 Å². The summed E-state index contributed by atoms with van der Waals surface area (Å²) >= 11 is 0. The third kappa shape index (κ3) is 2.51. The maximum Gasteiger partial charge on any atom is 0.0408 e. The summed E-state index contributed by atoms with van der Waals surface area (Å²) in [4.78, 5) is 5.09. The second-order valence-electron chi connectivity index (χ2n) is 6.14. The summed E-state index contributed by atoms with van der Waals surface area (Å²) in [6.45, 7) is 16.2. The largest absolute Gasteiger partial charge is 0.366 e. The van der Waals surface area contributed by atoms with Gasteiger partial charge in [0.05, 0.1) is 0 Å². The smallest absolute Gasteiger partial charge is 0.0408 e. The number of likely N-dealkylation sites (N-methyl/N-ethyl adjacent to an activating group) is 1. The van der Waals surface area contributed by atoms with Gasteiger partial charge in [0.1, 0.15) is 0 Å². The molecule has 0 N–H and O–H groups in total. The first kappa shape index (κ1) is 14.4. The normalized spacial score (nSPS) is 20.9. The lowest BCUT2D eigenvalue weighted by atomic mass is 9.81. The van der Waals surface area contributed by atoms with Gasteiger partial charge in [-0.15, -0.1) is 0 Å². The molecule has 19 heavy (non-hydrogen) atoms. The molecule has 0 aromatic heterocycles. The van der Waals surface area contributed by atoms with Gasteiger partial charge in [0, 0.05) is 30.2 Å². The SMILES string of the molecule is CCN(CC)CCN1c2ccccc2C(C)(C)[C@H]1C. The number of rotatable bonds is 5. The molecule has 0 bridgehead atoms. The third-order valence-corrected chi connectivity index (χ3v) is 4.97. The Bertz CT molecular complexity index is 421. The van der Waals surface area contributed by atoms with E-state index in [1.807, 2.05) is 0 Å². The van der Waals surface area contributed by atoms with Crippen molar-refractivity contribution in [3.05, 3.63) is 29.8 Å². The minimum atomic E-state index is 0.250. The predicted molar refractivity (Wildman–Crippen MR) is 84.1 cm³/mol. The highest BCUT2D eigenvalue weighted by atomic mass is 15.2. The van der Waals surface area contributed by atoms with Crippen molar-refractivity contribution in [2.24, 2.45) is 0 Å². The lowest BCUT2D eigenvalue weighted by Crippen LogP contribution is -2.43. The van der Waals surface area contributed by atoms with E-state index in [1.54, 1.807) is 0 Å². The highest BCUT2D eigenvalue weighted by Gasteiger charge is 2.41. The molecule has 0 amide bonds. The van der Waals surface area contributed by atoms with Gasteiger partial charge in [-0.2, -0.15) is 0 Å². The molecule has 2 heteroatoms. The Kier molecular flexibility index (Phi) is 4.19. The standard InChI is InChI=1S/C17H28N2/c1-6-18(7-2)12-13-19-14(3)17(4,5)15-10-8-9-11-16(15)19/h8-11,14H,6-7,12-13H2,1-5H3/t14-/m1/s1. The van der Waals surface area contributed by atoms with Crippen molar-refractivity contribution in [2.75, 3.05) is 31.1 Å². The molecule has 0 saturated carbocycles. The van der Waals surface area contributed by atoms with Crippen LogP contribution in [0.4, 0.5) is 5.69 Å². The molecule has 1 aliphatic rings. The lowest BCUT2D eigenvalue weighted by Gasteiger charge is -2.33. The topological polar surface area (TPSA) is 6.48 Å². The van der Waals surface area contributed by atoms with Crippen molar-refractivity contribution in [3.8, 4) is 0 Å². The average molecular weight is 260 g/mol. The van der Waals surface area contributed by atoms with Crippen molar-refractivity contribution >= 4 is 5.69 Å². The Morgan fingerprint density at radius 3 is 2.42 bits per heavy atom. The zero-order valence-electron chi connectivity index (χ0n) is 13.1. The fraction of sp³-hybridized carbons (Fsp3) is 0.647. The van der Waals surface area contributed by atoms with Crippen LogP contribution in [0.2, 0.25) is 0 Å². The number of fused-ring (bicyclic) bond motifs is 1. The number of benzene rings is 1. The summed E-state index contributed by atoms with van der Waals surface area (Å²) in [6.07, 6.45) is 0. The number of nitrogens with zero attached hydrogens (tertiary/aromatic N) is 2. The fourth-order valence-electron chi connectivity index (χ4n) is 3.20. The van der Waals surface area contributed by atoms with Crippen LogP contribution in [0.15, 0.2) is 24.3 Å². The Labute approximate surface area is 118 Å². The van der Waals surface area contributed by atoms with Gasteiger partial charge < -0.3 is 9.80 Å². The Morgan fingerprint density at radius 2 is 1.79 bits per heavy atom. The number of anilines is 1. The highest BCUT2D eigenvalue weighted by molar-refractivity contribution is 5.63. The fourth-order valence-corrected chi connectivity index (χ4v) is 3.20. The average Bonchev–Trinajstić information content (AvgIpc) is 2.61. The van der Waals surface area contributed by atoms with E-state index >= 15 is 0 Å². The molecule has 0 saturated heterocycles. The van der Waals surface area contributed by atoms with Gasteiger partial charge in [-0.05, 0) is 31.6 Å². The van der Waals surface area contributed by atoms with Crippen LogP contribution in [0.3, 0.4) is 0 Å². The van der Waals surface area contributed by atoms with E-state index < -0.39 is 0 Å². The molecule has 0 fully saturated rings. The van der Waals surface area contributed by atoms with E-state index in [0.29, 0.717) is 6.04 Å². The molecule has 1 aromatic carbocycles. The van der Waals surface area contributed by atoms with Crippen molar-refractivity contribution in [1.82, 2.24) is 4.90 Å². The molecular formula is C17H28N2. The van der Waals surface area contributed by atoms with Gasteiger partial charge in [0.25, 0.3) is 0 Å². The number of hydrogen-bond acceptors (Lipinski definition) is 2. The minimum absolute atomic E-state index is 0.250. The lowest BCUT2D eigenvalue weighted by molar-refractivity contribution is 0.303. The maximum atomic E-state index is 2.59. The Morgan fingerprint density at radius 1 is 1.16 bits per heavy atom. The molecule has 1 heterocycles. The van der Waals surface area contributed by atoms with Crippen LogP contribution in [0.25, 0.3) is 0 Å². The molecule has 0 spiro atoms. The van der Waals surface area contributed by atoms with E-state index in [9.17, 15) is 0 Å². The molecule has 1 aliphatic heterocycles. The number of hydrogen-bond donors (Lipinski definition) is 0. The monoisotopic (exact) mass is 260 g/mol. The summed E-state index contributed by atoms with van der Waals surface area (Å²) in [7, 11) is 0. The van der Waals surface area contributed by atoms with Crippen molar-refractivity contribution in [2.45, 2.75) is 46.1 Å². The van der Waals surface area contributed by atoms with E-state index in [-0.39, 0.29) is 5.41 Å². The predicted octanol–water partition coefficient (Wildman–Crippen LogP) is 3.51. The van der Waals surface area contributed by atoms with Crippen LogP contribution >= 0.6 is 0 Å². The van der Waals surface area contributed by atoms with Crippen LogP contribution < -0.4 is 4.90 Å². The summed E-state index contributed by atoms with van der Waals surface area (Å²) in [6, 6.07) is 9.48. The molecule has 0 unspecified atom stereocenters. The second-order valence-corrected chi connectivity index (χ2v) is 6.14. The molecule has 1 aromatic rings. The second kappa shape index (κ2) is 5.54. The first-order valence-corrected chi connectivity index (χ1v) is 7.60. The molecular weight excluding hydrogens is 232 g/mol. The third-order valence-electron chi connectivity index (χ3n) is 4.97. The Hall–Kier alpha value is -1.02. The van der Waals surface area contributed by atoms with Crippen LogP contribution in [-0.4, -0.2) is 37.1 Å². The summed E-state index contributed by atoms with van der Waals surface area (Å²) < 4.78 is 0. The molecule has 2 nitrogen and oxygen atoms in total. The van der Waals surface area contributed by atoms with Gasteiger partial charge in [-0.1, -0.05) is 45.9 Å². The Balaban J connectivity index is 2.18. The van der Waals surface area contributed by atoms with Gasteiger partial charge >= 0.3 is 0 Å². The van der Waals surface area contributed by atoms with Gasteiger partial charge in [0.15, 0.2) is 0 Å². The first-order chi connectivity index (χ1) is 9.02. The van der Waals surface area contributed by atoms with E-state index in [4.69, 9.17) is 0 Å². The van der Waals surface area contributed by atoms with Crippen LogP contribution in [0.1, 0.15) is 40.2 Å². The quantitative estimate of drug-likeness (QED) is 0.799. The molecule has 2 rings (SSSR count). The highest BCUT2D eigenvalue weighted by Crippen LogP contribution is 2.44. The van der Waals surface area contributed by atoms with E-state index in [1.165, 1.54) is 11.3 Å². The van der Waals surface area contributed by atoms with Gasteiger partial charge in [0.2, 0.25) is 0 Å². The van der Waals surface area contributed by atoms with Gasteiger partial charge in [-0.25, -0.2) is 0 Å². The van der Waals surface area contributed by atoms with Gasteiger partial charge in [-0.3, -0.25) is 0 Å². The van der Waals surface area contributed by atoms with Crippen molar-refractivity contribution in [3.63, 3.8) is 0 Å². The zero-order chi connectivity index (χ0) is 14.0. The summed E-state index contributed by atoms with van der Waals surface area (Å²) in [5.74, 6) is 0. The van der Waals surface area contributed by atoms with Crippen molar-refractivity contribution in [1.29, 1.82) is 0 Å². The summed E-state index contributed by atoms with van der Waals surface area (Å²) in [5.41, 5.74) is 3.19. The number of para-hydroxylation sites is 1. The molecule has 1 atom stereocenters. The van der Waals surface area contributed by atoms with Crippen LogP contribution in [0, 0.1) is 0 Å². The zero-order valence-corrected chi connectivity index (χ0v) is 13.1. The van der Waals surface area contributed by atoms with Crippen molar-refractivity contribution < 1.29 is 0 Å². The molecule has 0 aliphatic carbocycles. The van der Waals surface area contributed by atoms with Crippen LogP contribution in [0.5, 0.6) is 0 Å². The van der Waals surface area contributed by atoms with E-state index in [0.717, 1.165) is 26.2 Å². The molecule has 106 valence electrons. The van der Waals surface area contributed by atoms with Crippen LogP contribution in [-0.2, 0) is 5.41 Å². The first-order valence-electron chi connectivity index (χ1n) is 7.60. The summed E-state index contributed by atoms with van der Waals surface area (Å²) in [5, 5.41) is 0.